The number of hydrogen-bond acceptors (Lipinski definition) is 2. The summed E-state index contributed by atoms with van der Waals surface area (Å²) in [5.74, 6) is 3.43. The van der Waals surface area contributed by atoms with E-state index in [1.165, 1.54) is 24.3 Å². The van der Waals surface area contributed by atoms with Gasteiger partial charge in [0.15, 0.2) is 0 Å². The summed E-state index contributed by atoms with van der Waals surface area (Å²) in [4.78, 5) is 13.9. The number of carbonyl (C=O) groups is 1. The van der Waals surface area contributed by atoms with Gasteiger partial charge in [-0.3, -0.25) is 4.79 Å². The second-order valence-corrected chi connectivity index (χ2v) is 6.33. The molecule has 2 saturated heterocycles. The summed E-state index contributed by atoms with van der Waals surface area (Å²) in [5, 5.41) is 0.191. The molecule has 1 amide bonds. The van der Waals surface area contributed by atoms with Crippen molar-refractivity contribution in [2.45, 2.75) is 31.1 Å². The van der Waals surface area contributed by atoms with Crippen LogP contribution >= 0.6 is 23.4 Å². The second-order valence-electron chi connectivity index (χ2n) is 4.49. The molecule has 2 heterocycles. The maximum Gasteiger partial charge on any atom is 0.222 e. The molecule has 1 atom stereocenters. The van der Waals surface area contributed by atoms with Crippen molar-refractivity contribution in [3.63, 3.8) is 0 Å². The number of thioether (sulfide) groups is 1. The third-order valence-electron chi connectivity index (χ3n) is 3.29. The molecule has 15 heavy (non-hydrogen) atoms. The van der Waals surface area contributed by atoms with Crippen LogP contribution in [0.4, 0.5) is 0 Å². The van der Waals surface area contributed by atoms with E-state index in [0.29, 0.717) is 11.8 Å². The first-order valence-electron chi connectivity index (χ1n) is 5.75. The molecule has 2 nitrogen and oxygen atoms in total. The SMILES string of the molecule is O=C(CC1CCSCC1)N1CCC(Cl)C1. The van der Waals surface area contributed by atoms with Gasteiger partial charge in [0.1, 0.15) is 0 Å². The van der Waals surface area contributed by atoms with E-state index < -0.39 is 0 Å². The average Bonchev–Trinajstić information content (AvgIpc) is 2.66. The van der Waals surface area contributed by atoms with Crippen molar-refractivity contribution in [3.05, 3.63) is 0 Å². The largest absolute Gasteiger partial charge is 0.341 e. The number of nitrogens with zero attached hydrogens (tertiary/aromatic N) is 1. The lowest BCUT2D eigenvalue weighted by atomic mass is 9.98. The van der Waals surface area contributed by atoms with Crippen molar-refractivity contribution >= 4 is 29.3 Å². The Kier molecular flexibility index (Phi) is 4.21. The molecular formula is C11H18ClNOS. The number of halogens is 1. The highest BCUT2D eigenvalue weighted by molar-refractivity contribution is 7.99. The van der Waals surface area contributed by atoms with Crippen molar-refractivity contribution in [2.24, 2.45) is 5.92 Å². The van der Waals surface area contributed by atoms with Gasteiger partial charge in [0.25, 0.3) is 0 Å². The molecule has 0 spiro atoms. The number of rotatable bonds is 2. The summed E-state index contributed by atoms with van der Waals surface area (Å²) >= 11 is 8.01. The third-order valence-corrected chi connectivity index (χ3v) is 4.69. The standard InChI is InChI=1S/C11H18ClNOS/c12-10-1-4-13(8-10)11(14)7-9-2-5-15-6-3-9/h9-10H,1-8H2. The number of alkyl halides is 1. The normalized spacial score (nSPS) is 28.3. The molecule has 4 heteroatoms. The van der Waals surface area contributed by atoms with Crippen molar-refractivity contribution in [1.82, 2.24) is 4.90 Å². The summed E-state index contributed by atoms with van der Waals surface area (Å²) < 4.78 is 0. The van der Waals surface area contributed by atoms with E-state index in [0.717, 1.165) is 25.9 Å². The van der Waals surface area contributed by atoms with Gasteiger partial charge < -0.3 is 4.90 Å². The molecule has 2 rings (SSSR count). The molecule has 1 unspecified atom stereocenters. The first kappa shape index (κ1) is 11.6. The minimum Gasteiger partial charge on any atom is -0.341 e. The van der Waals surface area contributed by atoms with Crippen molar-refractivity contribution in [1.29, 1.82) is 0 Å². The lowest BCUT2D eigenvalue weighted by Gasteiger charge is -2.23. The Hall–Kier alpha value is 0.110. The molecule has 0 radical (unpaired) electrons. The lowest BCUT2D eigenvalue weighted by molar-refractivity contribution is -0.131. The summed E-state index contributed by atoms with van der Waals surface area (Å²) in [6.45, 7) is 1.64. The highest BCUT2D eigenvalue weighted by Crippen LogP contribution is 2.26. The Morgan fingerprint density at radius 2 is 2.07 bits per heavy atom. The summed E-state index contributed by atoms with van der Waals surface area (Å²) in [5.41, 5.74) is 0. The molecule has 0 aromatic rings. The second kappa shape index (κ2) is 5.44. The topological polar surface area (TPSA) is 20.3 Å². The molecule has 0 bridgehead atoms. The molecule has 0 saturated carbocycles. The van der Waals surface area contributed by atoms with Crippen molar-refractivity contribution < 1.29 is 4.79 Å². The van der Waals surface area contributed by atoms with Gasteiger partial charge in [-0.15, -0.1) is 11.6 Å². The monoisotopic (exact) mass is 247 g/mol. The van der Waals surface area contributed by atoms with Crippen molar-refractivity contribution in [3.8, 4) is 0 Å². The Morgan fingerprint density at radius 1 is 1.33 bits per heavy atom. The van der Waals surface area contributed by atoms with E-state index >= 15 is 0 Å². The Labute approximate surface area is 101 Å². The molecular weight excluding hydrogens is 230 g/mol. The number of hydrogen-bond donors (Lipinski definition) is 0. The van der Waals surface area contributed by atoms with E-state index in [4.69, 9.17) is 11.6 Å². The number of carbonyl (C=O) groups excluding carboxylic acids is 1. The van der Waals surface area contributed by atoms with Gasteiger partial charge in [0.2, 0.25) is 5.91 Å². The van der Waals surface area contributed by atoms with Gasteiger partial charge in [-0.05, 0) is 36.7 Å². The molecule has 86 valence electrons. The van der Waals surface area contributed by atoms with Gasteiger partial charge in [-0.2, -0.15) is 11.8 Å². The smallest absolute Gasteiger partial charge is 0.222 e. The maximum absolute atomic E-state index is 11.9. The zero-order chi connectivity index (χ0) is 10.7. The molecule has 0 aromatic carbocycles. The minimum absolute atomic E-state index is 0.191. The quantitative estimate of drug-likeness (QED) is 0.699. The van der Waals surface area contributed by atoms with Crippen LogP contribution in [0.3, 0.4) is 0 Å². The van der Waals surface area contributed by atoms with Gasteiger partial charge in [0.05, 0.1) is 5.38 Å². The van der Waals surface area contributed by atoms with Gasteiger partial charge in [-0.25, -0.2) is 0 Å². The molecule has 0 aliphatic carbocycles. The van der Waals surface area contributed by atoms with Crippen LogP contribution in [0.2, 0.25) is 0 Å². The fourth-order valence-electron chi connectivity index (χ4n) is 2.27. The molecule has 0 N–H and O–H groups in total. The Morgan fingerprint density at radius 3 is 2.67 bits per heavy atom. The zero-order valence-corrected chi connectivity index (χ0v) is 10.5. The van der Waals surface area contributed by atoms with E-state index in [-0.39, 0.29) is 5.38 Å². The van der Waals surface area contributed by atoms with E-state index in [1.807, 2.05) is 16.7 Å². The highest BCUT2D eigenvalue weighted by Gasteiger charge is 2.26. The Balaban J connectivity index is 1.76. The molecule has 0 aromatic heterocycles. The third kappa shape index (κ3) is 3.28. The summed E-state index contributed by atoms with van der Waals surface area (Å²) in [7, 11) is 0. The van der Waals surface area contributed by atoms with Crippen LogP contribution in [0.15, 0.2) is 0 Å². The van der Waals surface area contributed by atoms with Crippen LogP contribution < -0.4 is 0 Å². The molecule has 2 fully saturated rings. The fraction of sp³-hybridized carbons (Fsp3) is 0.909. The minimum atomic E-state index is 0.191. The Bertz CT molecular complexity index is 231. The maximum atomic E-state index is 11.9. The first-order chi connectivity index (χ1) is 7.25. The average molecular weight is 248 g/mol. The molecule has 2 aliphatic rings. The van der Waals surface area contributed by atoms with Gasteiger partial charge in [-0.1, -0.05) is 0 Å². The van der Waals surface area contributed by atoms with Crippen LogP contribution in [0.25, 0.3) is 0 Å². The summed E-state index contributed by atoms with van der Waals surface area (Å²) in [6, 6.07) is 0. The van der Waals surface area contributed by atoms with Crippen molar-refractivity contribution in [2.75, 3.05) is 24.6 Å². The van der Waals surface area contributed by atoms with E-state index in [2.05, 4.69) is 0 Å². The predicted molar refractivity (Wildman–Crippen MR) is 65.5 cm³/mol. The predicted octanol–water partition coefficient (Wildman–Crippen LogP) is 2.36. The first-order valence-corrected chi connectivity index (χ1v) is 7.34. The van der Waals surface area contributed by atoms with Crippen LogP contribution in [0.1, 0.15) is 25.7 Å². The lowest BCUT2D eigenvalue weighted by Crippen LogP contribution is -2.31. The number of likely N-dealkylation sites (tertiary alicyclic amines) is 1. The molecule has 2 aliphatic heterocycles. The number of amides is 1. The van der Waals surface area contributed by atoms with Crippen LogP contribution in [0, 0.1) is 5.92 Å². The van der Waals surface area contributed by atoms with E-state index in [9.17, 15) is 4.79 Å². The summed E-state index contributed by atoms with van der Waals surface area (Å²) in [6.07, 6.45) is 4.15. The van der Waals surface area contributed by atoms with Gasteiger partial charge in [0, 0.05) is 19.5 Å². The van der Waals surface area contributed by atoms with E-state index in [1.54, 1.807) is 0 Å². The highest BCUT2D eigenvalue weighted by atomic mass is 35.5. The van der Waals surface area contributed by atoms with Gasteiger partial charge >= 0.3 is 0 Å². The fourth-order valence-corrected chi connectivity index (χ4v) is 3.74. The van der Waals surface area contributed by atoms with Crippen LogP contribution in [0.5, 0.6) is 0 Å². The zero-order valence-electron chi connectivity index (χ0n) is 8.95. The van der Waals surface area contributed by atoms with Crippen LogP contribution in [-0.4, -0.2) is 40.8 Å². The van der Waals surface area contributed by atoms with Crippen LogP contribution in [-0.2, 0) is 4.79 Å².